The van der Waals surface area contributed by atoms with Crippen molar-refractivity contribution in [2.45, 2.75) is 0 Å². The molecule has 1 heterocycles. The molecule has 0 saturated carbocycles. The van der Waals surface area contributed by atoms with Crippen LogP contribution in [-0.4, -0.2) is 87.1 Å². The van der Waals surface area contributed by atoms with Gasteiger partial charge in [-0.3, -0.25) is 14.5 Å². The molecule has 0 unspecified atom stereocenters. The lowest BCUT2D eigenvalue weighted by molar-refractivity contribution is -0.937. The van der Waals surface area contributed by atoms with Crippen molar-refractivity contribution in [2.24, 2.45) is 0 Å². The van der Waals surface area contributed by atoms with Gasteiger partial charge in [-0.15, -0.1) is 0 Å². The molecular weight excluding hydrogens is 326 g/mol. The Morgan fingerprint density at radius 3 is 1.81 bits per heavy atom. The molecule has 0 spiro atoms. The number of hydrogen-bond acceptors (Lipinski definition) is 2. The van der Waals surface area contributed by atoms with Crippen LogP contribution in [0.1, 0.15) is 20.7 Å². The van der Waals surface area contributed by atoms with E-state index >= 15 is 0 Å². The second-order valence-corrected chi connectivity index (χ2v) is 8.87. The molecule has 0 radical (unpaired) electrons. The topological polar surface area (TPSA) is 37.4 Å². The second kappa shape index (κ2) is 6.49. The van der Waals surface area contributed by atoms with Gasteiger partial charge in [0, 0.05) is 16.5 Å². The average molecular weight is 355 g/mol. The Bertz CT molecular complexity index is 814. The van der Waals surface area contributed by atoms with Crippen molar-refractivity contribution in [1.82, 2.24) is 4.90 Å². The summed E-state index contributed by atoms with van der Waals surface area (Å²) in [6.45, 7) is 3.21. The molecule has 138 valence electrons. The fourth-order valence-electron chi connectivity index (χ4n) is 3.34. The highest BCUT2D eigenvalue weighted by molar-refractivity contribution is 6.25. The van der Waals surface area contributed by atoms with Gasteiger partial charge in [0.15, 0.2) is 0 Å². The Morgan fingerprint density at radius 2 is 1.31 bits per heavy atom. The van der Waals surface area contributed by atoms with Crippen LogP contribution in [0.4, 0.5) is 0 Å². The Hall–Kier alpha value is -2.24. The summed E-state index contributed by atoms with van der Waals surface area (Å²) in [5.41, 5.74) is 1.27. The van der Waals surface area contributed by atoms with E-state index in [1.165, 1.54) is 4.90 Å². The highest BCUT2D eigenvalue weighted by atomic mass is 16.2. The zero-order chi connectivity index (χ0) is 19.1. The first-order valence-corrected chi connectivity index (χ1v) is 9.09. The molecule has 0 N–H and O–H groups in total. The van der Waals surface area contributed by atoms with Crippen LogP contribution in [0, 0.1) is 0 Å². The van der Waals surface area contributed by atoms with Gasteiger partial charge in [-0.1, -0.05) is 24.3 Å². The number of hydrogen-bond donors (Lipinski definition) is 0. The minimum absolute atomic E-state index is 0.175. The monoisotopic (exact) mass is 355 g/mol. The Labute approximate surface area is 155 Å². The fourth-order valence-corrected chi connectivity index (χ4v) is 3.34. The molecule has 2 amide bonds. The van der Waals surface area contributed by atoms with Crippen LogP contribution in [-0.2, 0) is 0 Å². The molecule has 0 bridgehead atoms. The number of quaternary nitrogens is 2. The molecule has 2 aromatic rings. The van der Waals surface area contributed by atoms with Crippen molar-refractivity contribution in [1.29, 1.82) is 0 Å². The van der Waals surface area contributed by atoms with Crippen molar-refractivity contribution in [2.75, 3.05) is 61.4 Å². The fraction of sp³-hybridized carbons (Fsp3) is 0.429. The van der Waals surface area contributed by atoms with Crippen molar-refractivity contribution in [3.05, 3.63) is 47.5 Å². The van der Waals surface area contributed by atoms with Gasteiger partial charge in [0.2, 0.25) is 0 Å². The Balaban J connectivity index is 1.80. The first kappa shape index (κ1) is 18.5. The van der Waals surface area contributed by atoms with E-state index in [0.29, 0.717) is 17.7 Å². The second-order valence-electron chi connectivity index (χ2n) is 8.87. The number of carbonyl (C=O) groups excluding carboxylic acids is 2. The maximum atomic E-state index is 12.9. The van der Waals surface area contributed by atoms with E-state index in [0.717, 1.165) is 39.4 Å². The molecule has 2 aromatic carbocycles. The molecule has 0 fully saturated rings. The highest BCUT2D eigenvalue weighted by Crippen LogP contribution is 2.29. The molecule has 0 aromatic heterocycles. The van der Waals surface area contributed by atoms with Crippen LogP contribution >= 0.6 is 0 Å². The lowest BCUT2D eigenvalue weighted by Gasteiger charge is -2.35. The van der Waals surface area contributed by atoms with Crippen LogP contribution in [0.25, 0.3) is 10.8 Å². The maximum Gasteiger partial charge on any atom is 0.261 e. The van der Waals surface area contributed by atoms with E-state index in [1.807, 2.05) is 36.4 Å². The third kappa shape index (κ3) is 3.64. The molecule has 0 atom stereocenters. The predicted molar refractivity (Wildman–Crippen MR) is 104 cm³/mol. The lowest BCUT2D eigenvalue weighted by Crippen LogP contribution is -2.53. The third-order valence-electron chi connectivity index (χ3n) is 5.16. The Morgan fingerprint density at radius 1 is 0.769 bits per heavy atom. The van der Waals surface area contributed by atoms with Crippen molar-refractivity contribution in [3.63, 3.8) is 0 Å². The number of benzene rings is 2. The summed E-state index contributed by atoms with van der Waals surface area (Å²) in [5, 5.41) is 1.74. The van der Waals surface area contributed by atoms with Gasteiger partial charge in [-0.05, 0) is 17.5 Å². The molecule has 0 saturated heterocycles. The maximum absolute atomic E-state index is 12.9. The minimum Gasteiger partial charge on any atom is -0.326 e. The van der Waals surface area contributed by atoms with Gasteiger partial charge in [0.25, 0.3) is 11.8 Å². The summed E-state index contributed by atoms with van der Waals surface area (Å²) < 4.78 is 1.68. The molecule has 5 nitrogen and oxygen atoms in total. The van der Waals surface area contributed by atoms with E-state index < -0.39 is 0 Å². The predicted octanol–water partition coefficient (Wildman–Crippen LogP) is 2.22. The normalized spacial score (nSPS) is 15.0. The zero-order valence-corrected chi connectivity index (χ0v) is 16.5. The largest absolute Gasteiger partial charge is 0.326 e. The lowest BCUT2D eigenvalue weighted by atomic mass is 9.94. The van der Waals surface area contributed by atoms with Gasteiger partial charge in [-0.2, -0.15) is 0 Å². The van der Waals surface area contributed by atoms with Crippen LogP contribution < -0.4 is 0 Å². The number of rotatable bonds is 6. The third-order valence-corrected chi connectivity index (χ3v) is 5.16. The minimum atomic E-state index is -0.175. The molecule has 0 aliphatic carbocycles. The van der Waals surface area contributed by atoms with Crippen molar-refractivity contribution >= 4 is 22.6 Å². The summed E-state index contributed by atoms with van der Waals surface area (Å²) in [7, 11) is 10.8. The zero-order valence-electron chi connectivity index (χ0n) is 16.5. The van der Waals surface area contributed by atoms with Crippen LogP contribution in [0.15, 0.2) is 36.4 Å². The number of imide groups is 1. The van der Waals surface area contributed by atoms with Gasteiger partial charge < -0.3 is 8.97 Å². The van der Waals surface area contributed by atoms with E-state index in [1.54, 1.807) is 0 Å². The first-order valence-electron chi connectivity index (χ1n) is 9.09. The van der Waals surface area contributed by atoms with E-state index in [2.05, 4.69) is 35.2 Å². The number of nitrogens with zero attached hydrogens (tertiary/aromatic N) is 3. The van der Waals surface area contributed by atoms with Crippen LogP contribution in [0.2, 0.25) is 0 Å². The molecule has 26 heavy (non-hydrogen) atoms. The molecular formula is C21H29N3O2+2. The van der Waals surface area contributed by atoms with Gasteiger partial charge >= 0.3 is 0 Å². The summed E-state index contributed by atoms with van der Waals surface area (Å²) >= 11 is 0. The van der Waals surface area contributed by atoms with Crippen LogP contribution in [0.5, 0.6) is 0 Å². The molecule has 1 aliphatic heterocycles. The van der Waals surface area contributed by atoms with Gasteiger partial charge in [-0.25, -0.2) is 0 Å². The first-order chi connectivity index (χ1) is 12.1. The number of carbonyl (C=O) groups is 2. The van der Waals surface area contributed by atoms with E-state index in [4.69, 9.17) is 0 Å². The molecule has 5 heteroatoms. The molecule has 1 aliphatic rings. The van der Waals surface area contributed by atoms with Crippen molar-refractivity contribution < 1.29 is 18.6 Å². The summed E-state index contributed by atoms with van der Waals surface area (Å²) in [5.74, 6) is -0.350. The smallest absolute Gasteiger partial charge is 0.261 e. The quantitative estimate of drug-likeness (QED) is 0.589. The average Bonchev–Trinajstić information content (AvgIpc) is 2.57. The number of likely N-dealkylation sites (N-methyl/N-ethyl adjacent to an activating group) is 2. The van der Waals surface area contributed by atoms with Gasteiger partial charge in [0.05, 0.1) is 48.3 Å². The summed E-state index contributed by atoms with van der Waals surface area (Å²) in [4.78, 5) is 27.3. The standard InChI is InChI=1S/C21H29N3O2/c1-23(2,3)14-15-24(4,5)13-12-22-20(25)17-10-6-8-16-9-7-11-18(19(16)17)21(22)26/h6-11H,12-15H2,1-5H3/q+2. The Kier molecular flexibility index (Phi) is 4.63. The van der Waals surface area contributed by atoms with Crippen LogP contribution in [0.3, 0.4) is 0 Å². The SMILES string of the molecule is C[N+](C)(C)CC[N+](C)(C)CCN1C(=O)c2cccc3cccc(c23)C1=O. The highest BCUT2D eigenvalue weighted by Gasteiger charge is 2.34. The summed E-state index contributed by atoms with van der Waals surface area (Å²) in [6, 6.07) is 11.3. The summed E-state index contributed by atoms with van der Waals surface area (Å²) in [6.07, 6.45) is 0. The molecule has 3 rings (SSSR count). The van der Waals surface area contributed by atoms with Crippen molar-refractivity contribution in [3.8, 4) is 0 Å². The van der Waals surface area contributed by atoms with E-state index in [9.17, 15) is 9.59 Å². The number of amides is 2. The van der Waals surface area contributed by atoms with E-state index in [-0.39, 0.29) is 11.8 Å². The van der Waals surface area contributed by atoms with Gasteiger partial charge in [0.1, 0.15) is 13.1 Å².